The first kappa shape index (κ1) is 22.0. The number of hydrogen-bond donors (Lipinski definition) is 2. The van der Waals surface area contributed by atoms with Gasteiger partial charge in [0.1, 0.15) is 10.8 Å². The van der Waals surface area contributed by atoms with Crippen LogP contribution in [0.15, 0.2) is 59.8 Å². The lowest BCUT2D eigenvalue weighted by atomic mass is 10.1. The number of aliphatic carboxylic acids is 1. The third-order valence-electron chi connectivity index (χ3n) is 5.20. The van der Waals surface area contributed by atoms with Crippen LogP contribution in [0.4, 0.5) is 0 Å². The van der Waals surface area contributed by atoms with Gasteiger partial charge >= 0.3 is 5.97 Å². The Kier molecular flexibility index (Phi) is 5.76. The van der Waals surface area contributed by atoms with Gasteiger partial charge in [-0.05, 0) is 68.3 Å². The van der Waals surface area contributed by atoms with Crippen LogP contribution < -0.4 is 5.14 Å². The molecule has 0 aliphatic carbocycles. The lowest BCUT2D eigenvalue weighted by Crippen LogP contribution is -2.13. The Balaban J connectivity index is 1.84. The van der Waals surface area contributed by atoms with Gasteiger partial charge in [0, 0.05) is 23.8 Å². The normalized spacial score (nSPS) is 11.7. The number of hydrogen-bond acceptors (Lipinski definition) is 5. The Morgan fingerprint density at radius 3 is 2.56 bits per heavy atom. The molecule has 0 aliphatic rings. The van der Waals surface area contributed by atoms with E-state index < -0.39 is 16.0 Å². The van der Waals surface area contributed by atoms with E-state index in [1.165, 1.54) is 12.1 Å². The first-order chi connectivity index (χ1) is 15.1. The van der Waals surface area contributed by atoms with E-state index in [-0.39, 0.29) is 11.3 Å². The fourth-order valence-electron chi connectivity index (χ4n) is 3.65. The molecule has 4 rings (SSSR count). The van der Waals surface area contributed by atoms with Gasteiger partial charge in [0.25, 0.3) is 0 Å². The summed E-state index contributed by atoms with van der Waals surface area (Å²) in [7, 11) is -3.82. The summed E-state index contributed by atoms with van der Waals surface area (Å²) in [6.45, 7) is 3.74. The van der Waals surface area contributed by atoms with Crippen LogP contribution in [0.5, 0.6) is 0 Å². The molecule has 0 saturated heterocycles. The summed E-state index contributed by atoms with van der Waals surface area (Å²) in [4.78, 5) is 16.5. The van der Waals surface area contributed by atoms with E-state index in [1.807, 2.05) is 53.4 Å². The van der Waals surface area contributed by atoms with Crippen molar-refractivity contribution in [3.05, 3.63) is 71.9 Å². The molecular weight excluding hydrogens is 448 g/mol. The number of imidazole rings is 1. The zero-order valence-corrected chi connectivity index (χ0v) is 19.2. The van der Waals surface area contributed by atoms with E-state index in [1.54, 1.807) is 23.6 Å². The van der Waals surface area contributed by atoms with E-state index in [0.717, 1.165) is 32.8 Å². The quantitative estimate of drug-likeness (QED) is 0.427. The number of aryl methyl sites for hydroxylation is 3. The number of aromatic nitrogens is 3. The molecule has 0 radical (unpaired) electrons. The number of benzene rings is 1. The van der Waals surface area contributed by atoms with Crippen molar-refractivity contribution >= 4 is 27.3 Å². The number of carboxylic acids is 1. The van der Waals surface area contributed by atoms with E-state index in [0.29, 0.717) is 12.0 Å². The largest absolute Gasteiger partial charge is 0.481 e. The molecule has 0 aliphatic heterocycles. The van der Waals surface area contributed by atoms with Crippen molar-refractivity contribution in [2.45, 2.75) is 31.6 Å². The minimum Gasteiger partial charge on any atom is -0.481 e. The van der Waals surface area contributed by atoms with Gasteiger partial charge in [0.15, 0.2) is 0 Å². The summed E-state index contributed by atoms with van der Waals surface area (Å²) in [5, 5.41) is 15.5. The van der Waals surface area contributed by atoms with Crippen molar-refractivity contribution in [3.63, 3.8) is 0 Å². The van der Waals surface area contributed by atoms with Crippen LogP contribution >= 0.6 is 11.3 Å². The minimum atomic E-state index is -3.82. The molecule has 0 bridgehead atoms. The zero-order valence-electron chi connectivity index (χ0n) is 17.5. The molecule has 0 atom stereocenters. The molecule has 0 fully saturated rings. The maximum Gasteiger partial charge on any atom is 0.303 e. The highest BCUT2D eigenvalue weighted by Gasteiger charge is 2.18. The summed E-state index contributed by atoms with van der Waals surface area (Å²) in [5.41, 5.74) is 3.20. The van der Waals surface area contributed by atoms with Crippen molar-refractivity contribution in [1.82, 2.24) is 14.1 Å². The maximum absolute atomic E-state index is 11.8. The van der Waals surface area contributed by atoms with Crippen LogP contribution in [0.25, 0.3) is 21.3 Å². The molecule has 3 aromatic heterocycles. The molecule has 0 amide bonds. The maximum atomic E-state index is 11.8. The summed E-state index contributed by atoms with van der Waals surface area (Å²) in [6.07, 6.45) is 3.97. The fraction of sp³-hybridized carbons (Fsp3) is 0.182. The number of primary sulfonamides is 1. The molecular formula is C22H22N4O4S2. The van der Waals surface area contributed by atoms with Crippen molar-refractivity contribution < 1.29 is 18.3 Å². The van der Waals surface area contributed by atoms with Gasteiger partial charge in [0.05, 0.1) is 21.9 Å². The van der Waals surface area contributed by atoms with Crippen molar-refractivity contribution in [2.24, 2.45) is 5.14 Å². The average Bonchev–Trinajstić information content (AvgIpc) is 3.44. The lowest BCUT2D eigenvalue weighted by Gasteiger charge is -2.16. The third kappa shape index (κ3) is 4.24. The predicted molar refractivity (Wildman–Crippen MR) is 123 cm³/mol. The monoisotopic (exact) mass is 470 g/mol. The van der Waals surface area contributed by atoms with Gasteiger partial charge in [-0.3, -0.25) is 9.36 Å². The highest BCUT2D eigenvalue weighted by molar-refractivity contribution is 7.89. The topological polar surface area (TPSA) is 120 Å². The van der Waals surface area contributed by atoms with Gasteiger partial charge in [0.2, 0.25) is 10.0 Å². The van der Waals surface area contributed by atoms with E-state index in [2.05, 4.69) is 4.98 Å². The van der Waals surface area contributed by atoms with Gasteiger partial charge in [-0.15, -0.1) is 11.3 Å². The molecule has 0 spiro atoms. The Morgan fingerprint density at radius 1 is 1.16 bits per heavy atom. The number of nitrogens with two attached hydrogens (primary N) is 1. The molecule has 0 saturated carbocycles. The first-order valence-corrected chi connectivity index (χ1v) is 12.2. The second kappa shape index (κ2) is 8.38. The highest BCUT2D eigenvalue weighted by Crippen LogP contribution is 2.35. The van der Waals surface area contributed by atoms with Crippen LogP contribution in [0.3, 0.4) is 0 Å². The molecule has 0 unspecified atom stereocenters. The van der Waals surface area contributed by atoms with E-state index in [9.17, 15) is 18.3 Å². The smallest absolute Gasteiger partial charge is 0.303 e. The van der Waals surface area contributed by atoms with Crippen LogP contribution in [0, 0.1) is 13.8 Å². The summed E-state index contributed by atoms with van der Waals surface area (Å²) in [6, 6.07) is 12.6. The second-order valence-electron chi connectivity index (χ2n) is 7.41. The first-order valence-electron chi connectivity index (χ1n) is 9.82. The molecule has 8 nitrogen and oxygen atoms in total. The SMILES string of the molecule is Cc1cc(S(N)(=O)=O)ccc1-n1c(CCC(=O)O)ccc1-c1ccc(-n2ccnc2C)s1. The van der Waals surface area contributed by atoms with Gasteiger partial charge in [-0.25, -0.2) is 18.5 Å². The summed E-state index contributed by atoms with van der Waals surface area (Å²) in [5.74, 6) is -0.0000511. The standard InChI is InChI=1S/C22H22N4O4S2/c1-14-13-17(32(23,29)30)5-7-18(14)26-16(4-10-22(27)28)3-6-19(26)20-8-9-21(31-20)25-12-11-24-15(25)2/h3,5-9,11-13H,4,10H2,1-2H3,(H,27,28)(H2,23,29,30). The van der Waals surface area contributed by atoms with E-state index in [4.69, 9.17) is 5.14 Å². The van der Waals surface area contributed by atoms with E-state index >= 15 is 0 Å². The second-order valence-corrected chi connectivity index (χ2v) is 10.0. The fourth-order valence-corrected chi connectivity index (χ4v) is 5.30. The molecule has 3 heterocycles. The number of carbonyl (C=O) groups is 1. The van der Waals surface area contributed by atoms with Crippen LogP contribution in [-0.4, -0.2) is 33.6 Å². The number of rotatable bonds is 7. The van der Waals surface area contributed by atoms with Gasteiger partial charge < -0.3 is 9.67 Å². The van der Waals surface area contributed by atoms with Crippen LogP contribution in [0.1, 0.15) is 23.5 Å². The lowest BCUT2D eigenvalue weighted by molar-refractivity contribution is -0.136. The molecule has 4 aromatic rings. The molecule has 166 valence electrons. The van der Waals surface area contributed by atoms with Gasteiger partial charge in [-0.1, -0.05) is 0 Å². The predicted octanol–water partition coefficient (Wildman–Crippen LogP) is 3.67. The number of carboxylic acid groups (broad SMARTS) is 1. The Hall–Kier alpha value is -3.21. The van der Waals surface area contributed by atoms with Crippen molar-refractivity contribution in [2.75, 3.05) is 0 Å². The number of sulfonamides is 1. The number of thiophene rings is 1. The van der Waals surface area contributed by atoms with Crippen LogP contribution in [-0.2, 0) is 21.2 Å². The van der Waals surface area contributed by atoms with Gasteiger partial charge in [-0.2, -0.15) is 0 Å². The summed E-state index contributed by atoms with van der Waals surface area (Å²) < 4.78 is 27.5. The Labute approximate surface area is 189 Å². The highest BCUT2D eigenvalue weighted by atomic mass is 32.2. The molecule has 1 aromatic carbocycles. The zero-order chi connectivity index (χ0) is 23.0. The van der Waals surface area contributed by atoms with Crippen LogP contribution in [0.2, 0.25) is 0 Å². The summed E-state index contributed by atoms with van der Waals surface area (Å²) >= 11 is 1.59. The molecule has 10 heteroatoms. The molecule has 3 N–H and O–H groups in total. The Bertz CT molecular complexity index is 1410. The number of nitrogens with zero attached hydrogens (tertiary/aromatic N) is 3. The Morgan fingerprint density at radius 2 is 1.94 bits per heavy atom. The molecule has 32 heavy (non-hydrogen) atoms. The minimum absolute atomic E-state index is 0.0122. The van der Waals surface area contributed by atoms with Crippen molar-refractivity contribution in [1.29, 1.82) is 0 Å². The average molecular weight is 471 g/mol. The third-order valence-corrected chi connectivity index (χ3v) is 7.22. The van der Waals surface area contributed by atoms with Crippen molar-refractivity contribution in [3.8, 4) is 21.3 Å².